The average molecular weight is 326 g/mol. The second-order valence-corrected chi connectivity index (χ2v) is 5.99. The maximum Gasteiger partial charge on any atom is 0.137 e. The SMILES string of the molecule is COCc1c(CNC(C)C)oc2c(C)cc(Br)cc12. The number of aryl methyl sites for hydroxylation is 1. The van der Waals surface area contributed by atoms with Crippen LogP contribution in [0.2, 0.25) is 0 Å². The molecule has 0 atom stereocenters. The smallest absolute Gasteiger partial charge is 0.137 e. The summed E-state index contributed by atoms with van der Waals surface area (Å²) < 4.78 is 12.4. The van der Waals surface area contributed by atoms with Crippen molar-refractivity contribution in [2.24, 2.45) is 0 Å². The van der Waals surface area contributed by atoms with Gasteiger partial charge in [-0.15, -0.1) is 0 Å². The molecule has 19 heavy (non-hydrogen) atoms. The molecule has 0 amide bonds. The Morgan fingerprint density at radius 2 is 2.11 bits per heavy atom. The summed E-state index contributed by atoms with van der Waals surface area (Å²) in [5, 5.41) is 4.53. The highest BCUT2D eigenvalue weighted by Crippen LogP contribution is 2.32. The van der Waals surface area contributed by atoms with E-state index in [4.69, 9.17) is 9.15 Å². The van der Waals surface area contributed by atoms with Gasteiger partial charge in [0.1, 0.15) is 11.3 Å². The van der Waals surface area contributed by atoms with Crippen molar-refractivity contribution in [3.05, 3.63) is 33.5 Å². The van der Waals surface area contributed by atoms with E-state index in [2.05, 4.69) is 54.2 Å². The number of fused-ring (bicyclic) bond motifs is 1. The molecule has 2 aromatic rings. The summed E-state index contributed by atoms with van der Waals surface area (Å²) >= 11 is 3.54. The van der Waals surface area contributed by atoms with Crippen LogP contribution in [0, 0.1) is 6.92 Å². The van der Waals surface area contributed by atoms with E-state index in [1.54, 1.807) is 7.11 Å². The number of halogens is 1. The van der Waals surface area contributed by atoms with Crippen LogP contribution in [0.4, 0.5) is 0 Å². The van der Waals surface area contributed by atoms with Crippen molar-refractivity contribution >= 4 is 26.9 Å². The fourth-order valence-corrected chi connectivity index (χ4v) is 2.74. The highest BCUT2D eigenvalue weighted by molar-refractivity contribution is 9.10. The Bertz CT molecular complexity index is 575. The van der Waals surface area contributed by atoms with Crippen LogP contribution in [-0.2, 0) is 17.9 Å². The Kier molecular flexibility index (Phi) is 4.66. The maximum absolute atomic E-state index is 6.02. The number of ether oxygens (including phenoxy) is 1. The van der Waals surface area contributed by atoms with Crippen molar-refractivity contribution in [1.82, 2.24) is 5.32 Å². The normalized spacial score (nSPS) is 11.7. The first-order valence-electron chi connectivity index (χ1n) is 6.45. The van der Waals surface area contributed by atoms with Crippen molar-refractivity contribution in [1.29, 1.82) is 0 Å². The minimum Gasteiger partial charge on any atom is -0.459 e. The van der Waals surface area contributed by atoms with Crippen LogP contribution in [0.1, 0.15) is 30.7 Å². The summed E-state index contributed by atoms with van der Waals surface area (Å²) in [7, 11) is 1.71. The number of methoxy groups -OCH3 is 1. The van der Waals surface area contributed by atoms with E-state index in [-0.39, 0.29) is 0 Å². The maximum atomic E-state index is 6.02. The molecule has 0 radical (unpaired) electrons. The van der Waals surface area contributed by atoms with Gasteiger partial charge in [-0.2, -0.15) is 0 Å². The molecule has 0 saturated heterocycles. The molecule has 0 aliphatic carbocycles. The molecule has 2 rings (SSSR count). The summed E-state index contributed by atoms with van der Waals surface area (Å²) in [4.78, 5) is 0. The molecule has 3 nitrogen and oxygen atoms in total. The lowest BCUT2D eigenvalue weighted by Gasteiger charge is -2.07. The van der Waals surface area contributed by atoms with Gasteiger partial charge in [0.15, 0.2) is 0 Å². The zero-order valence-corrected chi connectivity index (χ0v) is 13.4. The predicted octanol–water partition coefficient (Wildman–Crippen LogP) is 4.15. The second kappa shape index (κ2) is 6.07. The van der Waals surface area contributed by atoms with Gasteiger partial charge < -0.3 is 14.5 Å². The van der Waals surface area contributed by atoms with Crippen LogP contribution < -0.4 is 5.32 Å². The summed E-state index contributed by atoms with van der Waals surface area (Å²) in [5.74, 6) is 0.965. The molecule has 0 aliphatic rings. The van der Waals surface area contributed by atoms with Crippen molar-refractivity contribution < 1.29 is 9.15 Å². The minimum absolute atomic E-state index is 0.427. The Morgan fingerprint density at radius 3 is 2.74 bits per heavy atom. The van der Waals surface area contributed by atoms with Gasteiger partial charge in [-0.25, -0.2) is 0 Å². The van der Waals surface area contributed by atoms with Gasteiger partial charge in [0.25, 0.3) is 0 Å². The number of nitrogens with one attached hydrogen (secondary N) is 1. The van der Waals surface area contributed by atoms with Gasteiger partial charge >= 0.3 is 0 Å². The molecule has 0 aliphatic heterocycles. The van der Waals surface area contributed by atoms with Gasteiger partial charge in [-0.05, 0) is 24.6 Å². The standard InChI is InChI=1S/C15H20BrNO2/c1-9(2)17-7-14-13(8-18-4)12-6-11(16)5-10(3)15(12)19-14/h5-6,9,17H,7-8H2,1-4H3. The van der Waals surface area contributed by atoms with Gasteiger partial charge in [0, 0.05) is 28.6 Å². The van der Waals surface area contributed by atoms with E-state index in [9.17, 15) is 0 Å². The van der Waals surface area contributed by atoms with Crippen LogP contribution in [0.3, 0.4) is 0 Å². The zero-order valence-electron chi connectivity index (χ0n) is 11.8. The average Bonchev–Trinajstić information content (AvgIpc) is 2.66. The lowest BCUT2D eigenvalue weighted by Crippen LogP contribution is -2.22. The number of hydrogen-bond donors (Lipinski definition) is 1. The van der Waals surface area contributed by atoms with Crippen molar-refractivity contribution in [2.45, 2.75) is 40.0 Å². The van der Waals surface area contributed by atoms with Crippen LogP contribution in [0.15, 0.2) is 21.0 Å². The molecular weight excluding hydrogens is 306 g/mol. The summed E-state index contributed by atoms with van der Waals surface area (Å²) in [5.41, 5.74) is 3.23. The molecule has 1 heterocycles. The first-order chi connectivity index (χ1) is 9.02. The minimum atomic E-state index is 0.427. The predicted molar refractivity (Wildman–Crippen MR) is 81.3 cm³/mol. The van der Waals surface area contributed by atoms with Gasteiger partial charge in [0.05, 0.1) is 13.2 Å². The number of furan rings is 1. The van der Waals surface area contributed by atoms with E-state index in [1.165, 1.54) is 0 Å². The monoisotopic (exact) mass is 325 g/mol. The third-order valence-electron chi connectivity index (χ3n) is 3.09. The summed E-state index contributed by atoms with van der Waals surface area (Å²) in [6.07, 6.45) is 0. The molecule has 4 heteroatoms. The first kappa shape index (κ1) is 14.6. The highest BCUT2D eigenvalue weighted by atomic mass is 79.9. The van der Waals surface area contributed by atoms with E-state index in [0.717, 1.165) is 38.9 Å². The molecular formula is C15H20BrNO2. The Labute approximate surface area is 122 Å². The van der Waals surface area contributed by atoms with Crippen molar-refractivity contribution in [2.75, 3.05) is 7.11 Å². The topological polar surface area (TPSA) is 34.4 Å². The lowest BCUT2D eigenvalue weighted by atomic mass is 10.1. The molecule has 0 fully saturated rings. The van der Waals surface area contributed by atoms with Crippen LogP contribution in [0.5, 0.6) is 0 Å². The van der Waals surface area contributed by atoms with Crippen molar-refractivity contribution in [3.8, 4) is 0 Å². The molecule has 0 spiro atoms. The van der Waals surface area contributed by atoms with Gasteiger partial charge in [-0.1, -0.05) is 29.8 Å². The third-order valence-corrected chi connectivity index (χ3v) is 3.54. The summed E-state index contributed by atoms with van der Waals surface area (Å²) in [6, 6.07) is 4.60. The van der Waals surface area contributed by atoms with Crippen molar-refractivity contribution in [3.63, 3.8) is 0 Å². The molecule has 0 unspecified atom stereocenters. The van der Waals surface area contributed by atoms with E-state index in [0.29, 0.717) is 12.6 Å². The van der Waals surface area contributed by atoms with E-state index in [1.807, 2.05) is 0 Å². The molecule has 1 aromatic heterocycles. The van der Waals surface area contributed by atoms with E-state index >= 15 is 0 Å². The summed E-state index contributed by atoms with van der Waals surface area (Å²) in [6.45, 7) is 7.61. The molecule has 104 valence electrons. The van der Waals surface area contributed by atoms with Crippen LogP contribution in [0.25, 0.3) is 11.0 Å². The Hall–Kier alpha value is -0.840. The Morgan fingerprint density at radius 1 is 1.37 bits per heavy atom. The lowest BCUT2D eigenvalue weighted by molar-refractivity contribution is 0.183. The highest BCUT2D eigenvalue weighted by Gasteiger charge is 2.16. The first-order valence-corrected chi connectivity index (χ1v) is 7.25. The van der Waals surface area contributed by atoms with E-state index < -0.39 is 0 Å². The van der Waals surface area contributed by atoms with Crippen LogP contribution >= 0.6 is 15.9 Å². The molecule has 1 N–H and O–H groups in total. The molecule has 0 saturated carbocycles. The van der Waals surface area contributed by atoms with Gasteiger partial charge in [0.2, 0.25) is 0 Å². The number of rotatable bonds is 5. The fraction of sp³-hybridized carbons (Fsp3) is 0.467. The zero-order chi connectivity index (χ0) is 14.0. The molecule has 1 aromatic carbocycles. The largest absolute Gasteiger partial charge is 0.459 e. The quantitative estimate of drug-likeness (QED) is 0.896. The molecule has 0 bridgehead atoms. The third kappa shape index (κ3) is 3.19. The van der Waals surface area contributed by atoms with Crippen LogP contribution in [-0.4, -0.2) is 13.2 Å². The fourth-order valence-electron chi connectivity index (χ4n) is 2.17. The Balaban J connectivity index is 2.50. The number of hydrogen-bond acceptors (Lipinski definition) is 3. The second-order valence-electron chi connectivity index (χ2n) is 5.07. The van der Waals surface area contributed by atoms with Gasteiger partial charge in [-0.3, -0.25) is 0 Å². The number of benzene rings is 1.